The average Bonchev–Trinajstić information content (AvgIpc) is 2.60. The number of carbonyl (C=O) groups is 1. The van der Waals surface area contributed by atoms with Gasteiger partial charge >= 0.3 is 0 Å². The average molecular weight is 231 g/mol. The van der Waals surface area contributed by atoms with E-state index in [1.807, 2.05) is 25.7 Å². The molecule has 0 N–H and O–H groups in total. The second-order valence-electron chi connectivity index (χ2n) is 5.20. The maximum absolute atomic E-state index is 12.6. The Bertz CT molecular complexity index is 313. The highest BCUT2D eigenvalue weighted by molar-refractivity contribution is 5.84. The van der Waals surface area contributed by atoms with Crippen molar-refractivity contribution in [3.8, 4) is 0 Å². The van der Waals surface area contributed by atoms with Gasteiger partial charge in [-0.05, 0) is 27.2 Å². The molecule has 0 aliphatic carbocycles. The minimum atomic E-state index is -1.62. The number of nitrogens with zero attached hydrogens (tertiary/aromatic N) is 1. The summed E-state index contributed by atoms with van der Waals surface area (Å²) in [5, 5.41) is 0. The van der Waals surface area contributed by atoms with Gasteiger partial charge in [0.1, 0.15) is 5.78 Å². The fourth-order valence-corrected chi connectivity index (χ4v) is 2.09. The standard InChI is InChI=1S/C12H19F2NO/c1-5-10(16)9-6-8(11(13)14)7-15(9)12(2,3)4/h9H,5-7H2,1-4H3/t9-/m0/s1. The first kappa shape index (κ1) is 13.3. The fraction of sp³-hybridized carbons (Fsp3) is 0.750. The van der Waals surface area contributed by atoms with Crippen LogP contribution in [0.5, 0.6) is 0 Å². The van der Waals surface area contributed by atoms with E-state index in [0.29, 0.717) is 6.42 Å². The second-order valence-corrected chi connectivity index (χ2v) is 5.20. The number of carbonyl (C=O) groups excluding carboxylic acids is 1. The number of ketones is 1. The molecule has 1 saturated heterocycles. The normalized spacial score (nSPS) is 22.6. The zero-order chi connectivity index (χ0) is 12.5. The molecule has 1 fully saturated rings. The summed E-state index contributed by atoms with van der Waals surface area (Å²) < 4.78 is 25.2. The van der Waals surface area contributed by atoms with E-state index in [-0.39, 0.29) is 35.9 Å². The molecule has 1 atom stereocenters. The number of hydrogen-bond acceptors (Lipinski definition) is 2. The molecule has 0 amide bonds. The number of hydrogen-bond donors (Lipinski definition) is 0. The lowest BCUT2D eigenvalue weighted by atomic mass is 10.0. The van der Waals surface area contributed by atoms with Crippen molar-refractivity contribution in [1.29, 1.82) is 0 Å². The molecule has 92 valence electrons. The Morgan fingerprint density at radius 3 is 2.38 bits per heavy atom. The predicted molar refractivity (Wildman–Crippen MR) is 59.4 cm³/mol. The van der Waals surface area contributed by atoms with Gasteiger partial charge in [-0.2, -0.15) is 8.78 Å². The Morgan fingerprint density at radius 2 is 2.00 bits per heavy atom. The molecule has 1 rings (SSSR count). The zero-order valence-electron chi connectivity index (χ0n) is 10.3. The van der Waals surface area contributed by atoms with Crippen LogP contribution in [-0.4, -0.2) is 28.8 Å². The third kappa shape index (κ3) is 2.67. The molecule has 0 aromatic rings. The van der Waals surface area contributed by atoms with E-state index < -0.39 is 6.08 Å². The predicted octanol–water partition coefficient (Wildman–Crippen LogP) is 2.99. The highest BCUT2D eigenvalue weighted by Gasteiger charge is 2.39. The number of Topliss-reactive ketones (excluding diaryl/α,β-unsaturated/α-hetero) is 1. The number of rotatable bonds is 2. The first-order chi connectivity index (χ1) is 7.27. The fourth-order valence-electron chi connectivity index (χ4n) is 2.09. The molecule has 2 nitrogen and oxygen atoms in total. The Hall–Kier alpha value is -0.770. The van der Waals surface area contributed by atoms with Crippen molar-refractivity contribution in [2.75, 3.05) is 6.54 Å². The van der Waals surface area contributed by atoms with Crippen LogP contribution in [-0.2, 0) is 4.79 Å². The van der Waals surface area contributed by atoms with Crippen LogP contribution in [0.15, 0.2) is 11.7 Å². The van der Waals surface area contributed by atoms with Gasteiger partial charge < -0.3 is 0 Å². The maximum atomic E-state index is 12.6. The van der Waals surface area contributed by atoms with E-state index in [0.717, 1.165) is 0 Å². The molecule has 0 aromatic heterocycles. The number of halogens is 2. The maximum Gasteiger partial charge on any atom is 0.270 e. The third-order valence-electron chi connectivity index (χ3n) is 3.03. The molecule has 1 aliphatic heterocycles. The Labute approximate surface area is 95.3 Å². The summed E-state index contributed by atoms with van der Waals surface area (Å²) in [6, 6.07) is -0.374. The molecule has 0 radical (unpaired) electrons. The van der Waals surface area contributed by atoms with Crippen molar-refractivity contribution in [1.82, 2.24) is 4.90 Å². The van der Waals surface area contributed by atoms with Gasteiger partial charge in [0.15, 0.2) is 0 Å². The molecule has 0 aromatic carbocycles. The minimum Gasteiger partial charge on any atom is -0.298 e. The van der Waals surface area contributed by atoms with Gasteiger partial charge in [-0.25, -0.2) is 0 Å². The van der Waals surface area contributed by atoms with E-state index in [1.54, 1.807) is 6.92 Å². The molecule has 1 aliphatic rings. The quantitative estimate of drug-likeness (QED) is 0.728. The summed E-state index contributed by atoms with van der Waals surface area (Å²) in [6.45, 7) is 7.82. The minimum absolute atomic E-state index is 0.0474. The summed E-state index contributed by atoms with van der Waals surface area (Å²) in [6.07, 6.45) is -1.04. The molecule has 16 heavy (non-hydrogen) atoms. The monoisotopic (exact) mass is 231 g/mol. The Balaban J connectivity index is 2.97. The summed E-state index contributed by atoms with van der Waals surface area (Å²) in [4.78, 5) is 13.6. The molecular weight excluding hydrogens is 212 g/mol. The molecule has 0 saturated carbocycles. The van der Waals surface area contributed by atoms with Gasteiger partial charge in [0.25, 0.3) is 6.08 Å². The van der Waals surface area contributed by atoms with Crippen LogP contribution in [0.3, 0.4) is 0 Å². The van der Waals surface area contributed by atoms with Crippen molar-refractivity contribution >= 4 is 5.78 Å². The highest BCUT2D eigenvalue weighted by atomic mass is 19.3. The lowest BCUT2D eigenvalue weighted by molar-refractivity contribution is -0.124. The SMILES string of the molecule is CCC(=O)[C@@H]1CC(=C(F)F)CN1C(C)(C)C. The van der Waals surface area contributed by atoms with Gasteiger partial charge in [-0.1, -0.05) is 6.92 Å². The molecule has 0 spiro atoms. The van der Waals surface area contributed by atoms with Crippen molar-refractivity contribution < 1.29 is 13.6 Å². The summed E-state index contributed by atoms with van der Waals surface area (Å²) in [5.74, 6) is 0.0474. The second kappa shape index (κ2) is 4.62. The lowest BCUT2D eigenvalue weighted by Gasteiger charge is -2.35. The zero-order valence-corrected chi connectivity index (χ0v) is 10.3. The van der Waals surface area contributed by atoms with Crippen molar-refractivity contribution in [3.05, 3.63) is 11.7 Å². The summed E-state index contributed by atoms with van der Waals surface area (Å²) in [5.41, 5.74) is -0.145. The highest BCUT2D eigenvalue weighted by Crippen LogP contribution is 2.32. The van der Waals surface area contributed by atoms with Crippen LogP contribution in [0.2, 0.25) is 0 Å². The van der Waals surface area contributed by atoms with E-state index in [1.165, 1.54) is 0 Å². The molecule has 0 unspecified atom stereocenters. The molecule has 0 bridgehead atoms. The topological polar surface area (TPSA) is 20.3 Å². The van der Waals surface area contributed by atoms with Crippen molar-refractivity contribution in [2.45, 2.75) is 52.1 Å². The van der Waals surface area contributed by atoms with Gasteiger partial charge in [0.2, 0.25) is 0 Å². The van der Waals surface area contributed by atoms with Crippen LogP contribution in [0.4, 0.5) is 8.78 Å². The van der Waals surface area contributed by atoms with Gasteiger partial charge in [-0.15, -0.1) is 0 Å². The van der Waals surface area contributed by atoms with Gasteiger partial charge in [0.05, 0.1) is 6.04 Å². The van der Waals surface area contributed by atoms with E-state index >= 15 is 0 Å². The molecule has 1 heterocycles. The van der Waals surface area contributed by atoms with E-state index in [9.17, 15) is 13.6 Å². The van der Waals surface area contributed by atoms with Crippen LogP contribution < -0.4 is 0 Å². The van der Waals surface area contributed by atoms with E-state index in [4.69, 9.17) is 0 Å². The molecule has 4 heteroatoms. The van der Waals surface area contributed by atoms with Crippen molar-refractivity contribution in [3.63, 3.8) is 0 Å². The van der Waals surface area contributed by atoms with Crippen LogP contribution in [0, 0.1) is 0 Å². The van der Waals surface area contributed by atoms with Gasteiger partial charge in [-0.3, -0.25) is 9.69 Å². The Kier molecular flexibility index (Phi) is 3.84. The lowest BCUT2D eigenvalue weighted by Crippen LogP contribution is -2.47. The van der Waals surface area contributed by atoms with Gasteiger partial charge in [0, 0.05) is 24.1 Å². The summed E-state index contributed by atoms with van der Waals surface area (Å²) >= 11 is 0. The smallest absolute Gasteiger partial charge is 0.270 e. The first-order valence-corrected chi connectivity index (χ1v) is 5.59. The van der Waals surface area contributed by atoms with Crippen LogP contribution >= 0.6 is 0 Å². The third-order valence-corrected chi connectivity index (χ3v) is 3.03. The Morgan fingerprint density at radius 1 is 1.44 bits per heavy atom. The van der Waals surface area contributed by atoms with Crippen LogP contribution in [0.25, 0.3) is 0 Å². The van der Waals surface area contributed by atoms with E-state index in [2.05, 4.69) is 0 Å². The number of likely N-dealkylation sites (tertiary alicyclic amines) is 1. The molecular formula is C12H19F2NO. The summed E-state index contributed by atoms with van der Waals surface area (Å²) in [7, 11) is 0. The van der Waals surface area contributed by atoms with Crippen LogP contribution in [0.1, 0.15) is 40.5 Å². The van der Waals surface area contributed by atoms with Crippen molar-refractivity contribution in [2.24, 2.45) is 0 Å². The first-order valence-electron chi connectivity index (χ1n) is 5.59. The largest absolute Gasteiger partial charge is 0.298 e.